The van der Waals surface area contributed by atoms with Gasteiger partial charge in [-0.1, -0.05) is 56.5 Å². The van der Waals surface area contributed by atoms with Crippen molar-refractivity contribution in [3.8, 4) is 0 Å². The summed E-state index contributed by atoms with van der Waals surface area (Å²) < 4.78 is 92.4. The van der Waals surface area contributed by atoms with Crippen LogP contribution in [-0.2, 0) is 16.9 Å². The van der Waals surface area contributed by atoms with Crippen molar-refractivity contribution in [1.29, 1.82) is 0 Å². The number of hydrogen-bond donors (Lipinski definition) is 0. The molecule has 2 aromatic rings. The van der Waals surface area contributed by atoms with E-state index in [4.69, 9.17) is 0 Å². The molecule has 0 saturated carbocycles. The lowest BCUT2D eigenvalue weighted by Crippen LogP contribution is -2.21. The predicted octanol–water partition coefficient (Wildman–Crippen LogP) is 7.87. The van der Waals surface area contributed by atoms with E-state index in [1.54, 1.807) is 0 Å². The van der Waals surface area contributed by atoms with Crippen molar-refractivity contribution in [3.05, 3.63) is 70.3 Å². The van der Waals surface area contributed by atoms with Crippen LogP contribution in [-0.4, -0.2) is 5.78 Å². The molecule has 0 radical (unpaired) electrons. The van der Waals surface area contributed by atoms with Crippen LogP contribution in [0.4, 0.5) is 26.3 Å². The zero-order valence-electron chi connectivity index (χ0n) is 16.0. The van der Waals surface area contributed by atoms with Gasteiger partial charge in [0.1, 0.15) is 0 Å². The Hall–Kier alpha value is -2.21. The Morgan fingerprint density at radius 2 is 1.47 bits per heavy atom. The van der Waals surface area contributed by atoms with Gasteiger partial charge in [0.15, 0.2) is 14.2 Å². The van der Waals surface area contributed by atoms with E-state index in [-0.39, 0.29) is 19.6 Å². The van der Waals surface area contributed by atoms with Crippen LogP contribution in [0.15, 0.2) is 42.5 Å². The second kappa shape index (κ2) is 9.73. The monoisotopic (exact) mass is 448 g/mol. The van der Waals surface area contributed by atoms with Gasteiger partial charge in [-0.3, -0.25) is 9.36 Å². The Kier molecular flexibility index (Phi) is 7.81. The molecule has 0 aliphatic rings. The number of unbranched alkanes of at least 4 members (excludes halogenated alkanes) is 2. The Labute approximate surface area is 171 Å². The third-order valence-corrected chi connectivity index (χ3v) is 5.47. The molecule has 1 atom stereocenters. The van der Waals surface area contributed by atoms with E-state index >= 15 is 0 Å². The summed E-state index contributed by atoms with van der Waals surface area (Å²) in [6.45, 7) is 1.95. The molecular formula is C21H19F6O2P. The number of rotatable bonds is 8. The second-order valence-corrected chi connectivity index (χ2v) is 7.59. The molecule has 0 aliphatic carbocycles. The molecule has 0 heterocycles. The smallest absolute Gasteiger partial charge is 0.289 e. The van der Waals surface area contributed by atoms with Crippen LogP contribution in [0.5, 0.6) is 0 Å². The SMILES string of the molecule is CCCCCC(P=O)c1ccccc1C(=O)c1c(C(F)(F)F)cccc1C(F)(F)F. The topological polar surface area (TPSA) is 34.1 Å². The fourth-order valence-corrected chi connectivity index (χ4v) is 3.88. The summed E-state index contributed by atoms with van der Waals surface area (Å²) in [6.07, 6.45) is -7.58. The average Bonchev–Trinajstić information content (AvgIpc) is 2.69. The lowest BCUT2D eigenvalue weighted by atomic mass is 9.89. The molecule has 0 spiro atoms. The van der Waals surface area contributed by atoms with Crippen LogP contribution < -0.4 is 0 Å². The maximum Gasteiger partial charge on any atom is 0.417 e. The van der Waals surface area contributed by atoms with Gasteiger partial charge in [0.2, 0.25) is 0 Å². The third-order valence-electron chi connectivity index (χ3n) is 4.68. The first-order valence-electron chi connectivity index (χ1n) is 9.25. The summed E-state index contributed by atoms with van der Waals surface area (Å²) in [5.74, 6) is -1.39. The van der Waals surface area contributed by atoms with Gasteiger partial charge in [0.05, 0.1) is 16.8 Å². The van der Waals surface area contributed by atoms with Crippen LogP contribution in [0.3, 0.4) is 0 Å². The molecule has 2 nitrogen and oxygen atoms in total. The zero-order valence-corrected chi connectivity index (χ0v) is 16.9. The van der Waals surface area contributed by atoms with Gasteiger partial charge in [0, 0.05) is 11.1 Å². The van der Waals surface area contributed by atoms with Gasteiger partial charge in [0.25, 0.3) is 0 Å². The molecule has 2 aromatic carbocycles. The van der Waals surface area contributed by atoms with E-state index in [2.05, 4.69) is 0 Å². The molecule has 1 unspecified atom stereocenters. The highest BCUT2D eigenvalue weighted by Gasteiger charge is 2.43. The first-order valence-corrected chi connectivity index (χ1v) is 10.1. The fraction of sp³-hybridized carbons (Fsp3) is 0.381. The largest absolute Gasteiger partial charge is 0.417 e. The van der Waals surface area contributed by atoms with Gasteiger partial charge in [-0.25, -0.2) is 0 Å². The number of carbonyl (C=O) groups excluding carboxylic acids is 1. The van der Waals surface area contributed by atoms with Crippen molar-refractivity contribution in [2.45, 2.75) is 50.6 Å². The number of hydrogen-bond acceptors (Lipinski definition) is 2. The lowest BCUT2D eigenvalue weighted by molar-refractivity contribution is -0.143. The summed E-state index contributed by atoms with van der Waals surface area (Å²) in [4.78, 5) is 13.0. The van der Waals surface area contributed by atoms with Gasteiger partial charge >= 0.3 is 12.4 Å². The Bertz CT molecular complexity index is 873. The molecule has 9 heteroatoms. The van der Waals surface area contributed by atoms with E-state index in [1.807, 2.05) is 6.92 Å². The van der Waals surface area contributed by atoms with Crippen molar-refractivity contribution in [2.75, 3.05) is 0 Å². The minimum absolute atomic E-state index is 0.167. The molecule has 0 aromatic heterocycles. The summed E-state index contributed by atoms with van der Waals surface area (Å²) >= 11 is 0. The molecule has 0 aliphatic heterocycles. The minimum Gasteiger partial charge on any atom is -0.289 e. The number of alkyl halides is 6. The molecule has 0 saturated heterocycles. The molecule has 0 fully saturated rings. The highest BCUT2D eigenvalue weighted by Crippen LogP contribution is 2.42. The number of halogens is 6. The molecule has 0 bridgehead atoms. The Morgan fingerprint density at radius 3 is 1.97 bits per heavy atom. The second-order valence-electron chi connectivity index (χ2n) is 6.76. The van der Waals surface area contributed by atoms with E-state index in [0.717, 1.165) is 12.8 Å². The lowest BCUT2D eigenvalue weighted by Gasteiger charge is -2.20. The quantitative estimate of drug-likeness (QED) is 0.178. The number of ketones is 1. The van der Waals surface area contributed by atoms with E-state index in [9.17, 15) is 35.7 Å². The van der Waals surface area contributed by atoms with Crippen molar-refractivity contribution in [3.63, 3.8) is 0 Å². The van der Waals surface area contributed by atoms with Gasteiger partial charge in [-0.15, -0.1) is 0 Å². The first kappa shape index (κ1) is 24.1. The summed E-state index contributed by atoms with van der Waals surface area (Å²) in [7, 11) is -0.358. The maximum atomic E-state index is 13.5. The average molecular weight is 448 g/mol. The third kappa shape index (κ3) is 5.48. The minimum atomic E-state index is -5.15. The molecular weight excluding hydrogens is 429 g/mol. The van der Waals surface area contributed by atoms with Crippen LogP contribution >= 0.6 is 8.46 Å². The fourth-order valence-electron chi connectivity index (χ4n) is 3.25. The standard InChI is InChI=1S/C21H19F6O2P/c1-2-3-4-12-17(30-29)13-8-5-6-9-14(13)19(28)18-15(20(22,23)24)10-7-11-16(18)21(25,26)27/h5-11,17H,2-4,12H2,1H3. The molecule has 2 rings (SSSR count). The number of carbonyl (C=O) groups is 1. The maximum absolute atomic E-state index is 13.5. The van der Waals surface area contributed by atoms with E-state index < -0.39 is 40.5 Å². The number of benzene rings is 2. The summed E-state index contributed by atoms with van der Waals surface area (Å²) in [6, 6.07) is 6.97. The van der Waals surface area contributed by atoms with E-state index in [0.29, 0.717) is 31.0 Å². The van der Waals surface area contributed by atoms with E-state index in [1.165, 1.54) is 24.3 Å². The molecule has 30 heavy (non-hydrogen) atoms. The highest BCUT2D eigenvalue weighted by molar-refractivity contribution is 7.24. The molecule has 162 valence electrons. The van der Waals surface area contributed by atoms with Gasteiger partial charge < -0.3 is 0 Å². The Morgan fingerprint density at radius 1 is 0.900 bits per heavy atom. The van der Waals surface area contributed by atoms with Crippen LogP contribution in [0, 0.1) is 0 Å². The van der Waals surface area contributed by atoms with Crippen molar-refractivity contribution in [1.82, 2.24) is 0 Å². The summed E-state index contributed by atoms with van der Waals surface area (Å²) in [5.41, 5.74) is -5.60. The summed E-state index contributed by atoms with van der Waals surface area (Å²) in [5, 5.41) is 0. The zero-order chi connectivity index (χ0) is 22.5. The first-order chi connectivity index (χ1) is 14.0. The van der Waals surface area contributed by atoms with Crippen LogP contribution in [0.2, 0.25) is 0 Å². The predicted molar refractivity (Wildman–Crippen MR) is 101 cm³/mol. The Balaban J connectivity index is 2.66. The van der Waals surface area contributed by atoms with Crippen LogP contribution in [0.1, 0.15) is 70.9 Å². The van der Waals surface area contributed by atoms with Crippen molar-refractivity contribution in [2.24, 2.45) is 0 Å². The normalized spacial score (nSPS) is 13.4. The molecule has 0 amide bonds. The highest BCUT2D eigenvalue weighted by atomic mass is 31.1. The van der Waals surface area contributed by atoms with Crippen molar-refractivity contribution < 1.29 is 35.7 Å². The van der Waals surface area contributed by atoms with Crippen molar-refractivity contribution >= 4 is 14.2 Å². The van der Waals surface area contributed by atoms with Gasteiger partial charge in [-0.05, 0) is 24.1 Å². The molecule has 0 N–H and O–H groups in total. The van der Waals surface area contributed by atoms with Gasteiger partial charge in [-0.2, -0.15) is 26.3 Å². The van der Waals surface area contributed by atoms with Crippen LogP contribution in [0.25, 0.3) is 0 Å².